The maximum atomic E-state index is 12.0. The molecule has 0 aromatic carbocycles. The molecule has 1 heterocycles. The SMILES string of the molecule is CCC(CN)CC(=O)N(C)Cc1scnc1C. The second kappa shape index (κ2) is 6.71. The molecule has 0 saturated heterocycles. The Balaban J connectivity index is 2.50. The second-order valence-corrected chi connectivity index (χ2v) is 5.26. The van der Waals surface area contributed by atoms with E-state index >= 15 is 0 Å². The molecule has 1 atom stereocenters. The molecule has 0 radical (unpaired) electrons. The first-order chi connectivity index (χ1) is 8.08. The normalized spacial score (nSPS) is 12.5. The van der Waals surface area contributed by atoms with Crippen molar-refractivity contribution in [1.82, 2.24) is 9.88 Å². The van der Waals surface area contributed by atoms with Gasteiger partial charge in [0.15, 0.2) is 0 Å². The van der Waals surface area contributed by atoms with Gasteiger partial charge in [0.1, 0.15) is 0 Å². The molecule has 1 aromatic rings. The van der Waals surface area contributed by atoms with Crippen LogP contribution in [0.5, 0.6) is 0 Å². The van der Waals surface area contributed by atoms with E-state index in [0.717, 1.165) is 17.0 Å². The van der Waals surface area contributed by atoms with E-state index in [0.29, 0.717) is 25.4 Å². The number of hydrogen-bond donors (Lipinski definition) is 1. The number of hydrogen-bond acceptors (Lipinski definition) is 4. The molecule has 0 aliphatic rings. The number of thiazole rings is 1. The Morgan fingerprint density at radius 3 is 2.82 bits per heavy atom. The van der Waals surface area contributed by atoms with Gasteiger partial charge in [0.2, 0.25) is 5.91 Å². The van der Waals surface area contributed by atoms with Crippen LogP contribution in [0.15, 0.2) is 5.51 Å². The summed E-state index contributed by atoms with van der Waals surface area (Å²) in [6.45, 7) is 5.27. The zero-order valence-electron chi connectivity index (χ0n) is 10.8. The third kappa shape index (κ3) is 4.09. The van der Waals surface area contributed by atoms with Gasteiger partial charge in [-0.25, -0.2) is 4.98 Å². The van der Waals surface area contributed by atoms with Gasteiger partial charge >= 0.3 is 0 Å². The predicted octanol–water partition coefficient (Wildman–Crippen LogP) is 1.78. The third-order valence-corrected chi connectivity index (χ3v) is 3.95. The van der Waals surface area contributed by atoms with Crippen LogP contribution in [0.3, 0.4) is 0 Å². The predicted molar refractivity (Wildman–Crippen MR) is 70.8 cm³/mol. The Morgan fingerprint density at radius 2 is 2.35 bits per heavy atom. The van der Waals surface area contributed by atoms with E-state index in [1.807, 2.05) is 19.5 Å². The lowest BCUT2D eigenvalue weighted by Gasteiger charge is -2.19. The minimum atomic E-state index is 0.162. The van der Waals surface area contributed by atoms with Gasteiger partial charge in [0.25, 0.3) is 0 Å². The summed E-state index contributed by atoms with van der Waals surface area (Å²) in [4.78, 5) is 19.1. The monoisotopic (exact) mass is 255 g/mol. The fraction of sp³-hybridized carbons (Fsp3) is 0.667. The highest BCUT2D eigenvalue weighted by atomic mass is 32.1. The fourth-order valence-electron chi connectivity index (χ4n) is 1.58. The molecule has 4 nitrogen and oxygen atoms in total. The molecule has 0 aliphatic carbocycles. The van der Waals surface area contributed by atoms with E-state index in [1.54, 1.807) is 16.2 Å². The maximum Gasteiger partial charge on any atom is 0.222 e. The number of carbonyl (C=O) groups excluding carboxylic acids is 1. The first kappa shape index (κ1) is 14.1. The highest BCUT2D eigenvalue weighted by Crippen LogP contribution is 2.16. The molecule has 17 heavy (non-hydrogen) atoms. The molecule has 0 fully saturated rings. The summed E-state index contributed by atoms with van der Waals surface area (Å²) >= 11 is 1.60. The van der Waals surface area contributed by atoms with Crippen molar-refractivity contribution in [3.8, 4) is 0 Å². The first-order valence-corrected chi connectivity index (χ1v) is 6.79. The van der Waals surface area contributed by atoms with Crippen LogP contribution in [0.2, 0.25) is 0 Å². The molecule has 0 saturated carbocycles. The Morgan fingerprint density at radius 1 is 1.65 bits per heavy atom. The minimum Gasteiger partial charge on any atom is -0.341 e. The van der Waals surface area contributed by atoms with Gasteiger partial charge in [0.05, 0.1) is 17.7 Å². The van der Waals surface area contributed by atoms with Gasteiger partial charge in [-0.2, -0.15) is 0 Å². The lowest BCUT2D eigenvalue weighted by molar-refractivity contribution is -0.131. The third-order valence-electron chi connectivity index (χ3n) is 3.03. The summed E-state index contributed by atoms with van der Waals surface area (Å²) in [5, 5.41) is 0. The summed E-state index contributed by atoms with van der Waals surface area (Å²) in [5.74, 6) is 0.461. The summed E-state index contributed by atoms with van der Waals surface area (Å²) < 4.78 is 0. The standard InChI is InChI=1S/C12H21N3OS/c1-4-10(6-13)5-12(16)15(3)7-11-9(2)14-8-17-11/h8,10H,4-7,13H2,1-3H3. The van der Waals surface area contributed by atoms with Crippen LogP contribution in [-0.4, -0.2) is 29.4 Å². The van der Waals surface area contributed by atoms with Crippen LogP contribution in [-0.2, 0) is 11.3 Å². The Bertz CT molecular complexity index is 360. The number of nitrogens with two attached hydrogens (primary N) is 1. The van der Waals surface area contributed by atoms with E-state index in [2.05, 4.69) is 11.9 Å². The summed E-state index contributed by atoms with van der Waals surface area (Å²) in [5.41, 5.74) is 8.44. The van der Waals surface area contributed by atoms with Crippen molar-refractivity contribution in [2.45, 2.75) is 33.2 Å². The van der Waals surface area contributed by atoms with Gasteiger partial charge < -0.3 is 10.6 Å². The zero-order chi connectivity index (χ0) is 12.8. The van der Waals surface area contributed by atoms with Crippen molar-refractivity contribution in [2.75, 3.05) is 13.6 Å². The summed E-state index contributed by atoms with van der Waals surface area (Å²) in [6, 6.07) is 0. The van der Waals surface area contributed by atoms with Crippen LogP contribution in [0, 0.1) is 12.8 Å². The molecular formula is C12H21N3OS. The molecule has 0 aliphatic heterocycles. The Kier molecular flexibility index (Phi) is 5.58. The molecule has 1 rings (SSSR count). The summed E-state index contributed by atoms with van der Waals surface area (Å²) in [7, 11) is 1.84. The first-order valence-electron chi connectivity index (χ1n) is 5.91. The Hall–Kier alpha value is -0.940. The van der Waals surface area contributed by atoms with E-state index in [-0.39, 0.29) is 5.91 Å². The Labute approximate surface area is 107 Å². The number of amides is 1. The number of carbonyl (C=O) groups is 1. The van der Waals surface area contributed by atoms with Gasteiger partial charge in [0, 0.05) is 18.3 Å². The molecule has 2 N–H and O–H groups in total. The molecule has 0 spiro atoms. The van der Waals surface area contributed by atoms with Crippen LogP contribution >= 0.6 is 11.3 Å². The van der Waals surface area contributed by atoms with E-state index < -0.39 is 0 Å². The van der Waals surface area contributed by atoms with Gasteiger partial charge in [-0.05, 0) is 19.4 Å². The van der Waals surface area contributed by atoms with Crippen LogP contribution in [0.4, 0.5) is 0 Å². The second-order valence-electron chi connectivity index (χ2n) is 4.32. The van der Waals surface area contributed by atoms with Crippen molar-refractivity contribution in [3.05, 3.63) is 16.1 Å². The average molecular weight is 255 g/mol. The van der Waals surface area contributed by atoms with E-state index in [4.69, 9.17) is 5.73 Å². The van der Waals surface area contributed by atoms with Gasteiger partial charge in [-0.1, -0.05) is 13.3 Å². The lowest BCUT2D eigenvalue weighted by Crippen LogP contribution is -2.29. The molecule has 5 heteroatoms. The van der Waals surface area contributed by atoms with Gasteiger partial charge in [-0.3, -0.25) is 4.79 Å². The van der Waals surface area contributed by atoms with Crippen LogP contribution in [0.25, 0.3) is 0 Å². The van der Waals surface area contributed by atoms with Crippen molar-refractivity contribution in [1.29, 1.82) is 0 Å². The average Bonchev–Trinajstić information content (AvgIpc) is 2.71. The molecule has 0 bridgehead atoms. The topological polar surface area (TPSA) is 59.2 Å². The fourth-order valence-corrected chi connectivity index (χ4v) is 2.41. The quantitative estimate of drug-likeness (QED) is 0.843. The number of rotatable bonds is 6. The highest BCUT2D eigenvalue weighted by molar-refractivity contribution is 7.09. The van der Waals surface area contributed by atoms with E-state index in [9.17, 15) is 4.79 Å². The van der Waals surface area contributed by atoms with Crippen LogP contribution in [0.1, 0.15) is 30.3 Å². The van der Waals surface area contributed by atoms with Crippen molar-refractivity contribution < 1.29 is 4.79 Å². The maximum absolute atomic E-state index is 12.0. The zero-order valence-corrected chi connectivity index (χ0v) is 11.6. The lowest BCUT2D eigenvalue weighted by atomic mass is 10.0. The molecule has 1 amide bonds. The largest absolute Gasteiger partial charge is 0.341 e. The highest BCUT2D eigenvalue weighted by Gasteiger charge is 2.15. The van der Waals surface area contributed by atoms with E-state index in [1.165, 1.54) is 0 Å². The molecule has 1 aromatic heterocycles. The number of aryl methyl sites for hydroxylation is 1. The number of nitrogens with zero attached hydrogens (tertiary/aromatic N) is 2. The van der Waals surface area contributed by atoms with Crippen molar-refractivity contribution >= 4 is 17.2 Å². The van der Waals surface area contributed by atoms with Crippen molar-refractivity contribution in [2.24, 2.45) is 11.7 Å². The molecule has 1 unspecified atom stereocenters. The van der Waals surface area contributed by atoms with Gasteiger partial charge in [-0.15, -0.1) is 11.3 Å². The summed E-state index contributed by atoms with van der Waals surface area (Å²) in [6.07, 6.45) is 1.50. The molecular weight excluding hydrogens is 234 g/mol. The van der Waals surface area contributed by atoms with Crippen molar-refractivity contribution in [3.63, 3.8) is 0 Å². The smallest absolute Gasteiger partial charge is 0.222 e. The number of aromatic nitrogens is 1. The van der Waals surface area contributed by atoms with Crippen LogP contribution < -0.4 is 5.73 Å². The molecule has 96 valence electrons. The minimum absolute atomic E-state index is 0.162.